The Morgan fingerprint density at radius 1 is 1.50 bits per heavy atom. The van der Waals surface area contributed by atoms with Crippen LogP contribution < -0.4 is 5.11 Å². The predicted molar refractivity (Wildman–Crippen MR) is 37.3 cm³/mol. The van der Waals surface area contributed by atoms with Crippen molar-refractivity contribution in [3.05, 3.63) is 30.2 Å². The lowest BCUT2D eigenvalue weighted by molar-refractivity contribution is -0.256. The van der Waals surface area contributed by atoms with Crippen molar-refractivity contribution < 1.29 is 9.90 Å². The second-order valence-corrected chi connectivity index (χ2v) is 2.23. The molecule has 0 atom stereocenters. The highest BCUT2D eigenvalue weighted by Crippen LogP contribution is 1.98. The number of aromatic nitrogens is 3. The van der Waals surface area contributed by atoms with Gasteiger partial charge in [-0.2, -0.15) is 0 Å². The highest BCUT2D eigenvalue weighted by atomic mass is 16.4. The maximum Gasteiger partial charge on any atom is 0.197 e. The SMILES string of the molecule is O=C([O-])c1nc2ccccn2n1. The fourth-order valence-corrected chi connectivity index (χ4v) is 0.918. The van der Waals surface area contributed by atoms with Crippen LogP contribution in [0.15, 0.2) is 24.4 Å². The first kappa shape index (κ1) is 6.78. The third-order valence-corrected chi connectivity index (χ3v) is 1.42. The first-order valence-corrected chi connectivity index (χ1v) is 3.30. The minimum Gasteiger partial charge on any atom is -0.541 e. The quantitative estimate of drug-likeness (QED) is 0.544. The van der Waals surface area contributed by atoms with Gasteiger partial charge in [-0.3, -0.25) is 0 Å². The summed E-state index contributed by atoms with van der Waals surface area (Å²) in [5.74, 6) is -1.65. The number of rotatable bonds is 1. The first-order chi connectivity index (χ1) is 5.77. The van der Waals surface area contributed by atoms with Gasteiger partial charge in [0.1, 0.15) is 5.97 Å². The van der Waals surface area contributed by atoms with E-state index < -0.39 is 5.97 Å². The van der Waals surface area contributed by atoms with Crippen molar-refractivity contribution >= 4 is 11.6 Å². The molecule has 0 amide bonds. The third-order valence-electron chi connectivity index (χ3n) is 1.42. The summed E-state index contributed by atoms with van der Waals surface area (Å²) in [6.07, 6.45) is 1.62. The van der Waals surface area contributed by atoms with Crippen LogP contribution in [0.1, 0.15) is 10.6 Å². The van der Waals surface area contributed by atoms with E-state index in [0.29, 0.717) is 5.65 Å². The Hall–Kier alpha value is -1.91. The van der Waals surface area contributed by atoms with Crippen molar-refractivity contribution in [2.24, 2.45) is 0 Å². The van der Waals surface area contributed by atoms with Gasteiger partial charge in [0.05, 0.1) is 0 Å². The van der Waals surface area contributed by atoms with Gasteiger partial charge in [-0.15, -0.1) is 5.10 Å². The van der Waals surface area contributed by atoms with E-state index >= 15 is 0 Å². The molecule has 0 aliphatic heterocycles. The van der Waals surface area contributed by atoms with Crippen LogP contribution in [0, 0.1) is 0 Å². The lowest BCUT2D eigenvalue weighted by atomic mass is 10.5. The van der Waals surface area contributed by atoms with Gasteiger partial charge in [0.2, 0.25) is 0 Å². The van der Waals surface area contributed by atoms with Gasteiger partial charge >= 0.3 is 0 Å². The number of carbonyl (C=O) groups excluding carboxylic acids is 1. The highest BCUT2D eigenvalue weighted by molar-refractivity contribution is 5.81. The fraction of sp³-hybridized carbons (Fsp3) is 0. The minimum absolute atomic E-state index is 0.291. The molecule has 0 unspecified atom stereocenters. The molecule has 0 spiro atoms. The topological polar surface area (TPSA) is 70.3 Å². The van der Waals surface area contributed by atoms with Crippen LogP contribution in [0.3, 0.4) is 0 Å². The molecular weight excluding hydrogens is 158 g/mol. The van der Waals surface area contributed by atoms with Gasteiger partial charge in [-0.1, -0.05) is 6.07 Å². The van der Waals surface area contributed by atoms with Crippen molar-refractivity contribution in [1.29, 1.82) is 0 Å². The highest BCUT2D eigenvalue weighted by Gasteiger charge is 2.01. The van der Waals surface area contributed by atoms with Crippen LogP contribution in [-0.2, 0) is 0 Å². The van der Waals surface area contributed by atoms with Gasteiger partial charge in [-0.05, 0) is 12.1 Å². The molecule has 2 rings (SSSR count). The summed E-state index contributed by atoms with van der Waals surface area (Å²) < 4.78 is 1.38. The standard InChI is InChI=1S/C7H5N3O2/c11-7(12)6-8-5-3-1-2-4-10(5)9-6/h1-4H,(H,11,12)/p-1. The van der Waals surface area contributed by atoms with E-state index in [4.69, 9.17) is 0 Å². The van der Waals surface area contributed by atoms with Crippen molar-refractivity contribution in [3.8, 4) is 0 Å². The number of carboxylic acids is 1. The van der Waals surface area contributed by atoms with Crippen LogP contribution in [0.4, 0.5) is 0 Å². The lowest BCUT2D eigenvalue weighted by Gasteiger charge is -1.89. The number of fused-ring (bicyclic) bond motifs is 1. The molecule has 0 saturated carbocycles. The van der Waals surface area contributed by atoms with E-state index in [1.807, 2.05) is 0 Å². The number of hydrogen-bond acceptors (Lipinski definition) is 4. The Bertz CT molecular complexity index is 402. The average Bonchev–Trinajstić information content (AvgIpc) is 2.46. The van der Waals surface area contributed by atoms with Gasteiger partial charge in [0, 0.05) is 6.20 Å². The second-order valence-electron chi connectivity index (χ2n) is 2.23. The summed E-state index contributed by atoms with van der Waals surface area (Å²) in [6, 6.07) is 5.16. The van der Waals surface area contributed by atoms with E-state index in [1.165, 1.54) is 4.52 Å². The van der Waals surface area contributed by atoms with Crippen LogP contribution >= 0.6 is 0 Å². The van der Waals surface area contributed by atoms with E-state index in [2.05, 4.69) is 10.1 Å². The fourth-order valence-electron chi connectivity index (χ4n) is 0.918. The zero-order valence-corrected chi connectivity index (χ0v) is 5.97. The Morgan fingerprint density at radius 2 is 2.33 bits per heavy atom. The molecule has 60 valence electrons. The number of carbonyl (C=O) groups is 1. The van der Waals surface area contributed by atoms with Crippen molar-refractivity contribution in [2.45, 2.75) is 0 Å². The maximum absolute atomic E-state index is 10.3. The maximum atomic E-state index is 10.3. The predicted octanol–water partition coefficient (Wildman–Crippen LogP) is -0.907. The molecule has 0 fully saturated rings. The van der Waals surface area contributed by atoms with Crippen LogP contribution in [0.25, 0.3) is 5.65 Å². The summed E-state index contributed by atoms with van der Waals surface area (Å²) in [7, 11) is 0. The zero-order chi connectivity index (χ0) is 8.55. The number of hydrogen-bond donors (Lipinski definition) is 0. The Kier molecular flexibility index (Phi) is 1.30. The summed E-state index contributed by atoms with van der Waals surface area (Å²) in [6.45, 7) is 0. The number of nitrogens with zero attached hydrogens (tertiary/aromatic N) is 3. The smallest absolute Gasteiger partial charge is 0.197 e. The molecule has 0 radical (unpaired) electrons. The van der Waals surface area contributed by atoms with Gasteiger partial charge in [0.25, 0.3) is 0 Å². The van der Waals surface area contributed by atoms with Crippen molar-refractivity contribution in [1.82, 2.24) is 14.6 Å². The number of aromatic carboxylic acids is 1. The Morgan fingerprint density at radius 3 is 3.00 bits per heavy atom. The molecule has 0 aliphatic carbocycles. The number of carboxylic acid groups (broad SMARTS) is 1. The molecule has 5 heteroatoms. The monoisotopic (exact) mass is 162 g/mol. The Balaban J connectivity index is 2.70. The minimum atomic E-state index is -1.36. The summed E-state index contributed by atoms with van der Waals surface area (Å²) in [4.78, 5) is 14.0. The normalized spacial score (nSPS) is 10.3. The zero-order valence-electron chi connectivity index (χ0n) is 5.97. The second kappa shape index (κ2) is 2.30. The van der Waals surface area contributed by atoms with E-state index in [0.717, 1.165) is 0 Å². The molecule has 0 aromatic carbocycles. The van der Waals surface area contributed by atoms with Crippen LogP contribution in [-0.4, -0.2) is 20.6 Å². The molecule has 12 heavy (non-hydrogen) atoms. The van der Waals surface area contributed by atoms with Crippen molar-refractivity contribution in [2.75, 3.05) is 0 Å². The summed E-state index contributed by atoms with van der Waals surface area (Å²) >= 11 is 0. The summed E-state index contributed by atoms with van der Waals surface area (Å²) in [5.41, 5.74) is 0.497. The van der Waals surface area contributed by atoms with E-state index in [1.54, 1.807) is 24.4 Å². The molecule has 2 aromatic rings. The van der Waals surface area contributed by atoms with Crippen molar-refractivity contribution in [3.63, 3.8) is 0 Å². The average molecular weight is 162 g/mol. The molecule has 0 aliphatic rings. The van der Waals surface area contributed by atoms with Crippen LogP contribution in [0.2, 0.25) is 0 Å². The first-order valence-electron chi connectivity index (χ1n) is 3.30. The molecule has 2 aromatic heterocycles. The third kappa shape index (κ3) is 0.914. The van der Waals surface area contributed by atoms with Gasteiger partial charge in [0.15, 0.2) is 11.5 Å². The van der Waals surface area contributed by atoms with E-state index in [-0.39, 0.29) is 5.82 Å². The van der Waals surface area contributed by atoms with Gasteiger partial charge in [-0.25, -0.2) is 9.50 Å². The van der Waals surface area contributed by atoms with Crippen LogP contribution in [0.5, 0.6) is 0 Å². The lowest BCUT2D eigenvalue weighted by Crippen LogP contribution is -2.23. The molecule has 0 bridgehead atoms. The molecule has 2 heterocycles. The molecular formula is C7H4N3O2-. The van der Waals surface area contributed by atoms with E-state index in [9.17, 15) is 9.90 Å². The Labute approximate surface area is 67.3 Å². The number of pyridine rings is 1. The molecule has 0 saturated heterocycles. The summed E-state index contributed by atoms with van der Waals surface area (Å²) in [5, 5.41) is 14.0. The largest absolute Gasteiger partial charge is 0.541 e. The van der Waals surface area contributed by atoms with Gasteiger partial charge < -0.3 is 9.90 Å². The molecule has 0 N–H and O–H groups in total. The molecule has 5 nitrogen and oxygen atoms in total.